The van der Waals surface area contributed by atoms with Crippen LogP contribution in [0.25, 0.3) is 16.6 Å². The second kappa shape index (κ2) is 5.17. The van der Waals surface area contributed by atoms with Gasteiger partial charge in [-0.15, -0.1) is 0 Å². The third-order valence-corrected chi connectivity index (χ3v) is 3.92. The Morgan fingerprint density at radius 1 is 1.05 bits per heavy atom. The van der Waals surface area contributed by atoms with Crippen LogP contribution in [-0.4, -0.2) is 4.57 Å². The fourth-order valence-electron chi connectivity index (χ4n) is 2.92. The summed E-state index contributed by atoms with van der Waals surface area (Å²) in [6, 6.07) is 15.9. The summed E-state index contributed by atoms with van der Waals surface area (Å²) in [7, 11) is 0. The lowest BCUT2D eigenvalue weighted by atomic mass is 10.2. The van der Waals surface area contributed by atoms with Gasteiger partial charge in [0.1, 0.15) is 16.6 Å². The number of aromatic nitrogens is 2. The molecule has 0 atom stereocenters. The standard InChI is InChI=1S/C18H19N2O/c1-4-19-14(3)20(15-9-7-8-13(2)12-15)18(21)16-10-5-6-11-17(16)19/h5-12H,4H2,1-3H3/q+1. The molecule has 0 fully saturated rings. The maximum atomic E-state index is 12.9. The molecule has 0 bridgehead atoms. The molecule has 0 amide bonds. The predicted octanol–water partition coefficient (Wildman–Crippen LogP) is 2.91. The topological polar surface area (TPSA) is 25.9 Å². The van der Waals surface area contributed by atoms with E-state index < -0.39 is 0 Å². The molecule has 0 spiro atoms. The quantitative estimate of drug-likeness (QED) is 0.662. The average Bonchev–Trinajstić information content (AvgIpc) is 2.48. The van der Waals surface area contributed by atoms with Crippen molar-refractivity contribution in [3.63, 3.8) is 0 Å². The zero-order chi connectivity index (χ0) is 15.0. The highest BCUT2D eigenvalue weighted by molar-refractivity contribution is 5.74. The number of hydrogen-bond acceptors (Lipinski definition) is 1. The van der Waals surface area contributed by atoms with Crippen molar-refractivity contribution in [3.8, 4) is 5.69 Å². The smallest absolute Gasteiger partial charge is 0.240 e. The van der Waals surface area contributed by atoms with Crippen LogP contribution in [0.2, 0.25) is 0 Å². The average molecular weight is 279 g/mol. The molecule has 3 aromatic rings. The van der Waals surface area contributed by atoms with Crippen LogP contribution in [-0.2, 0) is 6.54 Å². The highest BCUT2D eigenvalue weighted by Gasteiger charge is 2.20. The molecule has 0 saturated carbocycles. The van der Waals surface area contributed by atoms with Crippen molar-refractivity contribution in [2.24, 2.45) is 0 Å². The van der Waals surface area contributed by atoms with Crippen LogP contribution in [0, 0.1) is 13.8 Å². The van der Waals surface area contributed by atoms with Crippen molar-refractivity contribution < 1.29 is 4.57 Å². The van der Waals surface area contributed by atoms with Crippen molar-refractivity contribution in [2.75, 3.05) is 0 Å². The summed E-state index contributed by atoms with van der Waals surface area (Å²) >= 11 is 0. The number of fused-ring (bicyclic) bond motifs is 1. The Hall–Kier alpha value is -2.42. The van der Waals surface area contributed by atoms with Gasteiger partial charge in [0.2, 0.25) is 0 Å². The van der Waals surface area contributed by atoms with Gasteiger partial charge in [0.25, 0.3) is 5.82 Å². The van der Waals surface area contributed by atoms with Crippen molar-refractivity contribution in [2.45, 2.75) is 27.3 Å². The first-order valence-corrected chi connectivity index (χ1v) is 7.24. The van der Waals surface area contributed by atoms with Gasteiger partial charge in [-0.3, -0.25) is 0 Å². The number of rotatable bonds is 2. The third-order valence-electron chi connectivity index (χ3n) is 3.92. The molecule has 0 saturated heterocycles. The fraction of sp³-hybridized carbons (Fsp3) is 0.222. The Bertz CT molecular complexity index is 878. The van der Waals surface area contributed by atoms with Gasteiger partial charge in [0.15, 0.2) is 0 Å². The molecule has 3 heteroatoms. The van der Waals surface area contributed by atoms with Crippen LogP contribution < -0.4 is 10.1 Å². The molecule has 0 N–H and O–H groups in total. The zero-order valence-electron chi connectivity index (χ0n) is 12.6. The number of benzene rings is 2. The van der Waals surface area contributed by atoms with Gasteiger partial charge in [-0.25, -0.2) is 9.36 Å². The normalized spacial score (nSPS) is 11.0. The highest BCUT2D eigenvalue weighted by Crippen LogP contribution is 2.12. The molecule has 21 heavy (non-hydrogen) atoms. The first-order valence-electron chi connectivity index (χ1n) is 7.24. The Morgan fingerprint density at radius 2 is 1.81 bits per heavy atom. The summed E-state index contributed by atoms with van der Waals surface area (Å²) in [5, 5.41) is 0.756. The lowest BCUT2D eigenvalue weighted by Crippen LogP contribution is -2.44. The molecular weight excluding hydrogens is 260 g/mol. The van der Waals surface area contributed by atoms with E-state index in [1.54, 1.807) is 4.57 Å². The molecule has 2 aromatic carbocycles. The van der Waals surface area contributed by atoms with E-state index in [-0.39, 0.29) is 5.56 Å². The largest absolute Gasteiger partial charge is 0.350 e. The van der Waals surface area contributed by atoms with Crippen molar-refractivity contribution in [3.05, 3.63) is 70.3 Å². The summed E-state index contributed by atoms with van der Waals surface area (Å²) in [6.45, 7) is 6.97. The summed E-state index contributed by atoms with van der Waals surface area (Å²) in [5.41, 5.74) is 3.10. The first kappa shape index (κ1) is 13.6. The Morgan fingerprint density at radius 3 is 2.52 bits per heavy atom. The molecule has 3 rings (SSSR count). The molecule has 0 unspecified atom stereocenters. The Balaban J connectivity index is 2.46. The molecule has 1 heterocycles. The van der Waals surface area contributed by atoms with E-state index in [0.29, 0.717) is 0 Å². The van der Waals surface area contributed by atoms with E-state index in [4.69, 9.17) is 0 Å². The minimum atomic E-state index is 0.0402. The molecule has 0 aliphatic heterocycles. The maximum absolute atomic E-state index is 12.9. The third kappa shape index (κ3) is 2.15. The van der Waals surface area contributed by atoms with E-state index in [9.17, 15) is 4.79 Å². The van der Waals surface area contributed by atoms with Gasteiger partial charge in [-0.05, 0) is 43.7 Å². The van der Waals surface area contributed by atoms with Crippen LogP contribution >= 0.6 is 0 Å². The van der Waals surface area contributed by atoms with Crippen LogP contribution in [0.4, 0.5) is 0 Å². The van der Waals surface area contributed by atoms with Gasteiger partial charge in [0, 0.05) is 6.92 Å². The SMILES string of the molecule is CC[n+]1c(C)n(-c2cccc(C)c2)c(=O)c2ccccc21. The molecule has 106 valence electrons. The lowest BCUT2D eigenvalue weighted by Gasteiger charge is -2.10. The van der Waals surface area contributed by atoms with Gasteiger partial charge >= 0.3 is 5.56 Å². The maximum Gasteiger partial charge on any atom is 0.350 e. The highest BCUT2D eigenvalue weighted by atomic mass is 16.1. The van der Waals surface area contributed by atoms with Crippen LogP contribution in [0.15, 0.2) is 53.3 Å². The summed E-state index contributed by atoms with van der Waals surface area (Å²) in [5.74, 6) is 0.951. The summed E-state index contributed by atoms with van der Waals surface area (Å²) < 4.78 is 3.98. The van der Waals surface area contributed by atoms with Crippen LogP contribution in [0.1, 0.15) is 18.3 Å². The minimum absolute atomic E-state index is 0.0402. The van der Waals surface area contributed by atoms with Crippen LogP contribution in [0.5, 0.6) is 0 Å². The number of hydrogen-bond donors (Lipinski definition) is 0. The van der Waals surface area contributed by atoms with Gasteiger partial charge in [0.05, 0.1) is 6.54 Å². The fourth-order valence-corrected chi connectivity index (χ4v) is 2.92. The molecule has 0 radical (unpaired) electrons. The molecule has 3 nitrogen and oxygen atoms in total. The Labute approximate surface area is 124 Å². The van der Waals surface area contributed by atoms with E-state index in [2.05, 4.69) is 11.5 Å². The predicted molar refractivity (Wildman–Crippen MR) is 84.9 cm³/mol. The number of para-hydroxylation sites is 1. The number of nitrogens with zero attached hydrogens (tertiary/aromatic N) is 2. The summed E-state index contributed by atoms with van der Waals surface area (Å²) in [6.07, 6.45) is 0. The molecule has 0 aliphatic carbocycles. The zero-order valence-corrected chi connectivity index (χ0v) is 12.6. The van der Waals surface area contributed by atoms with Gasteiger partial charge in [-0.1, -0.05) is 24.3 Å². The molecule has 0 aliphatic rings. The van der Waals surface area contributed by atoms with Crippen LogP contribution in [0.3, 0.4) is 0 Å². The Kier molecular flexibility index (Phi) is 3.34. The molecule has 1 aromatic heterocycles. The van der Waals surface area contributed by atoms with Crippen molar-refractivity contribution in [1.82, 2.24) is 4.57 Å². The lowest BCUT2D eigenvalue weighted by molar-refractivity contribution is -0.678. The second-order valence-electron chi connectivity index (χ2n) is 5.29. The van der Waals surface area contributed by atoms with E-state index >= 15 is 0 Å². The van der Waals surface area contributed by atoms with E-state index in [1.165, 1.54) is 0 Å². The first-order chi connectivity index (χ1) is 10.1. The monoisotopic (exact) mass is 279 g/mol. The van der Waals surface area contributed by atoms with E-state index in [1.807, 2.05) is 62.4 Å². The van der Waals surface area contributed by atoms with Crippen molar-refractivity contribution in [1.29, 1.82) is 0 Å². The van der Waals surface area contributed by atoms with E-state index in [0.717, 1.165) is 34.5 Å². The number of aryl methyl sites for hydroxylation is 2. The summed E-state index contributed by atoms with van der Waals surface area (Å²) in [4.78, 5) is 12.9. The van der Waals surface area contributed by atoms with Crippen molar-refractivity contribution >= 4 is 10.9 Å². The second-order valence-corrected chi connectivity index (χ2v) is 5.29. The van der Waals surface area contributed by atoms with Gasteiger partial charge in [-0.2, -0.15) is 4.57 Å². The van der Waals surface area contributed by atoms with Gasteiger partial charge < -0.3 is 0 Å². The molecular formula is C18H19N2O+. The minimum Gasteiger partial charge on any atom is -0.240 e.